The summed E-state index contributed by atoms with van der Waals surface area (Å²) in [6.45, 7) is 7.53. The van der Waals surface area contributed by atoms with E-state index in [-0.39, 0.29) is 5.91 Å². The number of carbonyl (C=O) groups is 1. The summed E-state index contributed by atoms with van der Waals surface area (Å²) < 4.78 is 0. The van der Waals surface area contributed by atoms with E-state index in [0.717, 1.165) is 57.9 Å². The zero-order valence-electron chi connectivity index (χ0n) is 16.0. The van der Waals surface area contributed by atoms with Gasteiger partial charge in [-0.15, -0.1) is 10.2 Å². The third kappa shape index (κ3) is 4.04. The summed E-state index contributed by atoms with van der Waals surface area (Å²) >= 11 is 0. The Balaban J connectivity index is 1.36. The fraction of sp³-hybridized carbons (Fsp3) is 0.476. The Morgan fingerprint density at radius 3 is 2.26 bits per heavy atom. The number of piperidine rings is 1. The van der Waals surface area contributed by atoms with Gasteiger partial charge < -0.3 is 14.7 Å². The Morgan fingerprint density at radius 1 is 0.852 bits per heavy atom. The smallest absolute Gasteiger partial charge is 0.274 e. The molecule has 0 N–H and O–H groups in total. The minimum Gasteiger partial charge on any atom is -0.368 e. The molecule has 0 unspecified atom stereocenters. The average Bonchev–Trinajstić information content (AvgIpc) is 2.74. The molecule has 0 aliphatic carbocycles. The van der Waals surface area contributed by atoms with E-state index in [9.17, 15) is 4.79 Å². The number of nitrogens with zero attached hydrogens (tertiary/aromatic N) is 5. The van der Waals surface area contributed by atoms with Crippen molar-refractivity contribution in [3.63, 3.8) is 0 Å². The van der Waals surface area contributed by atoms with Crippen molar-refractivity contribution in [1.29, 1.82) is 0 Å². The molecule has 6 heteroatoms. The van der Waals surface area contributed by atoms with Crippen LogP contribution in [0.4, 0.5) is 11.5 Å². The van der Waals surface area contributed by atoms with Crippen LogP contribution in [-0.4, -0.2) is 60.3 Å². The van der Waals surface area contributed by atoms with Crippen LogP contribution in [0.5, 0.6) is 0 Å². The zero-order chi connectivity index (χ0) is 18.6. The fourth-order valence-electron chi connectivity index (χ4n) is 3.89. The van der Waals surface area contributed by atoms with E-state index in [4.69, 9.17) is 0 Å². The second kappa shape index (κ2) is 7.94. The highest BCUT2D eigenvalue weighted by molar-refractivity contribution is 5.92. The molecule has 0 saturated carbocycles. The molecule has 0 radical (unpaired) electrons. The molecule has 6 nitrogen and oxygen atoms in total. The fourth-order valence-corrected chi connectivity index (χ4v) is 3.89. The monoisotopic (exact) mass is 365 g/mol. The predicted octanol–water partition coefficient (Wildman–Crippen LogP) is 2.74. The molecule has 2 aliphatic heterocycles. The van der Waals surface area contributed by atoms with Crippen LogP contribution < -0.4 is 9.80 Å². The van der Waals surface area contributed by atoms with E-state index >= 15 is 0 Å². The lowest BCUT2D eigenvalue weighted by Gasteiger charge is -2.36. The van der Waals surface area contributed by atoms with E-state index in [2.05, 4.69) is 51.2 Å². The van der Waals surface area contributed by atoms with Crippen molar-refractivity contribution < 1.29 is 4.79 Å². The van der Waals surface area contributed by atoms with Gasteiger partial charge in [-0.1, -0.05) is 12.1 Å². The maximum atomic E-state index is 12.5. The van der Waals surface area contributed by atoms with Crippen molar-refractivity contribution in [2.24, 2.45) is 0 Å². The number of benzene rings is 1. The second-order valence-electron chi connectivity index (χ2n) is 7.44. The predicted molar refractivity (Wildman–Crippen MR) is 107 cm³/mol. The van der Waals surface area contributed by atoms with Gasteiger partial charge >= 0.3 is 0 Å². The third-order valence-electron chi connectivity index (χ3n) is 5.48. The summed E-state index contributed by atoms with van der Waals surface area (Å²) in [5, 5.41) is 8.56. The Labute approximate surface area is 160 Å². The molecule has 1 aromatic heterocycles. The lowest BCUT2D eigenvalue weighted by Crippen LogP contribution is -2.47. The molecule has 2 fully saturated rings. The molecule has 2 saturated heterocycles. The SMILES string of the molecule is Cc1cccc(N2CCN(c3ccc(C(=O)N4CCCCC4)nn3)CC2)c1. The van der Waals surface area contributed by atoms with E-state index in [1.54, 1.807) is 0 Å². The van der Waals surface area contributed by atoms with Gasteiger partial charge in [0.05, 0.1) is 0 Å². The first kappa shape index (κ1) is 17.8. The normalized spacial score (nSPS) is 17.9. The number of amides is 1. The molecule has 3 heterocycles. The average molecular weight is 365 g/mol. The number of hydrogen-bond donors (Lipinski definition) is 0. The van der Waals surface area contributed by atoms with Gasteiger partial charge in [0.15, 0.2) is 11.5 Å². The lowest BCUT2D eigenvalue weighted by atomic mass is 10.1. The molecular weight excluding hydrogens is 338 g/mol. The van der Waals surface area contributed by atoms with E-state index < -0.39 is 0 Å². The number of likely N-dealkylation sites (tertiary alicyclic amines) is 1. The highest BCUT2D eigenvalue weighted by Gasteiger charge is 2.22. The van der Waals surface area contributed by atoms with E-state index in [0.29, 0.717) is 5.69 Å². The molecule has 27 heavy (non-hydrogen) atoms. The molecule has 0 bridgehead atoms. The van der Waals surface area contributed by atoms with E-state index in [1.165, 1.54) is 17.7 Å². The highest BCUT2D eigenvalue weighted by atomic mass is 16.2. The van der Waals surface area contributed by atoms with Crippen molar-refractivity contribution in [3.05, 3.63) is 47.7 Å². The van der Waals surface area contributed by atoms with Gasteiger partial charge in [0.25, 0.3) is 5.91 Å². The zero-order valence-corrected chi connectivity index (χ0v) is 16.0. The van der Waals surface area contributed by atoms with Crippen LogP contribution in [-0.2, 0) is 0 Å². The first-order chi connectivity index (χ1) is 13.2. The first-order valence-electron chi connectivity index (χ1n) is 9.90. The molecule has 0 spiro atoms. The van der Waals surface area contributed by atoms with Crippen molar-refractivity contribution in [2.45, 2.75) is 26.2 Å². The van der Waals surface area contributed by atoms with Crippen LogP contribution in [0.25, 0.3) is 0 Å². The minimum atomic E-state index is 0.0121. The van der Waals surface area contributed by atoms with E-state index in [1.807, 2.05) is 17.0 Å². The molecule has 0 atom stereocenters. The van der Waals surface area contributed by atoms with Crippen LogP contribution in [0.1, 0.15) is 35.3 Å². The van der Waals surface area contributed by atoms with Gasteiger partial charge in [-0.25, -0.2) is 0 Å². The van der Waals surface area contributed by atoms with Crippen LogP contribution in [0.2, 0.25) is 0 Å². The Kier molecular flexibility index (Phi) is 5.23. The summed E-state index contributed by atoms with van der Waals surface area (Å²) in [6, 6.07) is 12.4. The highest BCUT2D eigenvalue weighted by Crippen LogP contribution is 2.20. The largest absolute Gasteiger partial charge is 0.368 e. The van der Waals surface area contributed by atoms with Gasteiger partial charge in [-0.3, -0.25) is 4.79 Å². The number of hydrogen-bond acceptors (Lipinski definition) is 5. The molecular formula is C21H27N5O. The topological polar surface area (TPSA) is 52.6 Å². The summed E-state index contributed by atoms with van der Waals surface area (Å²) in [5.74, 6) is 0.868. The molecule has 2 aliphatic rings. The van der Waals surface area contributed by atoms with Crippen molar-refractivity contribution in [2.75, 3.05) is 49.1 Å². The van der Waals surface area contributed by atoms with Gasteiger partial charge in [-0.05, 0) is 56.0 Å². The van der Waals surface area contributed by atoms with Crippen molar-refractivity contribution in [3.8, 4) is 0 Å². The van der Waals surface area contributed by atoms with Crippen molar-refractivity contribution >= 4 is 17.4 Å². The Hall–Kier alpha value is -2.63. The molecule has 1 aromatic carbocycles. The minimum absolute atomic E-state index is 0.0121. The summed E-state index contributed by atoms with van der Waals surface area (Å²) in [7, 11) is 0. The number of anilines is 2. The maximum absolute atomic E-state index is 12.5. The van der Waals surface area contributed by atoms with Gasteiger partial charge in [-0.2, -0.15) is 0 Å². The lowest BCUT2D eigenvalue weighted by molar-refractivity contribution is 0.0717. The van der Waals surface area contributed by atoms with Gasteiger partial charge in [0, 0.05) is 45.0 Å². The van der Waals surface area contributed by atoms with Crippen LogP contribution in [0.3, 0.4) is 0 Å². The number of rotatable bonds is 3. The summed E-state index contributed by atoms with van der Waals surface area (Å²) in [5.41, 5.74) is 3.03. The quantitative estimate of drug-likeness (QED) is 0.837. The second-order valence-corrected chi connectivity index (χ2v) is 7.44. The number of piperazine rings is 1. The van der Waals surface area contributed by atoms with Crippen LogP contribution >= 0.6 is 0 Å². The summed E-state index contributed by atoms with van der Waals surface area (Å²) in [4.78, 5) is 19.1. The molecule has 142 valence electrons. The molecule has 4 rings (SSSR count). The Morgan fingerprint density at radius 2 is 1.59 bits per heavy atom. The first-order valence-corrected chi connectivity index (χ1v) is 9.90. The Bertz CT molecular complexity index is 777. The third-order valence-corrected chi connectivity index (χ3v) is 5.48. The standard InChI is InChI=1S/C21H27N5O/c1-17-6-5-7-18(16-17)24-12-14-25(15-13-24)20-9-8-19(22-23-20)21(27)26-10-3-2-4-11-26/h5-9,16H,2-4,10-15H2,1H3. The number of aryl methyl sites for hydroxylation is 1. The summed E-state index contributed by atoms with van der Waals surface area (Å²) in [6.07, 6.45) is 3.38. The number of carbonyl (C=O) groups excluding carboxylic acids is 1. The van der Waals surface area contributed by atoms with Gasteiger partial charge in [0.1, 0.15) is 0 Å². The van der Waals surface area contributed by atoms with Crippen LogP contribution in [0.15, 0.2) is 36.4 Å². The van der Waals surface area contributed by atoms with Crippen LogP contribution in [0, 0.1) is 6.92 Å². The van der Waals surface area contributed by atoms with Gasteiger partial charge in [0.2, 0.25) is 0 Å². The maximum Gasteiger partial charge on any atom is 0.274 e. The molecule has 1 amide bonds. The van der Waals surface area contributed by atoms with Crippen molar-refractivity contribution in [1.82, 2.24) is 15.1 Å². The molecule has 2 aromatic rings. The number of aromatic nitrogens is 2.